The molecule has 1 atom stereocenters. The molecule has 0 saturated carbocycles. The number of thioether (sulfide) groups is 1. The average molecular weight is 477 g/mol. The molecule has 3 aromatic carbocycles. The molecule has 31 heavy (non-hydrogen) atoms. The number of ether oxygens (including phenoxy) is 1. The fourth-order valence-corrected chi connectivity index (χ4v) is 4.66. The standard InChI is InChI=1S/C22H21ClN2O4S2/c1-15(30-20-11-3-16(23)4-12-20)22(26)24-17-7-13-21(14-8-17)31(27,28)25-18-5-9-19(29-2)10-6-18/h3-15,25H,1-2H3,(H,24,26)/t15-/m0/s1. The summed E-state index contributed by atoms with van der Waals surface area (Å²) < 4.78 is 32.7. The molecule has 2 N–H and O–H groups in total. The normalized spacial score (nSPS) is 12.1. The van der Waals surface area contributed by atoms with Gasteiger partial charge in [0, 0.05) is 21.3 Å². The summed E-state index contributed by atoms with van der Waals surface area (Å²) in [6.07, 6.45) is 0. The quantitative estimate of drug-likeness (QED) is 0.433. The van der Waals surface area contributed by atoms with E-state index in [0.717, 1.165) is 4.90 Å². The van der Waals surface area contributed by atoms with Gasteiger partial charge in [-0.05, 0) is 79.7 Å². The van der Waals surface area contributed by atoms with E-state index in [1.165, 1.54) is 31.0 Å². The molecular weight excluding hydrogens is 456 g/mol. The number of hydrogen-bond acceptors (Lipinski definition) is 5. The first-order chi connectivity index (χ1) is 14.8. The van der Waals surface area contributed by atoms with Gasteiger partial charge in [0.25, 0.3) is 10.0 Å². The number of nitrogens with one attached hydrogen (secondary N) is 2. The number of carbonyl (C=O) groups excluding carboxylic acids is 1. The molecule has 1 amide bonds. The number of rotatable bonds is 8. The smallest absolute Gasteiger partial charge is 0.261 e. The maximum atomic E-state index is 12.6. The lowest BCUT2D eigenvalue weighted by atomic mass is 10.3. The van der Waals surface area contributed by atoms with Gasteiger partial charge in [-0.25, -0.2) is 8.42 Å². The summed E-state index contributed by atoms with van der Waals surface area (Å²) in [6.45, 7) is 1.80. The van der Waals surface area contributed by atoms with Crippen LogP contribution in [0.3, 0.4) is 0 Å². The zero-order chi connectivity index (χ0) is 22.4. The van der Waals surface area contributed by atoms with Crippen LogP contribution in [-0.4, -0.2) is 26.7 Å². The highest BCUT2D eigenvalue weighted by Crippen LogP contribution is 2.26. The summed E-state index contributed by atoms with van der Waals surface area (Å²) >= 11 is 7.28. The first-order valence-corrected chi connectivity index (χ1v) is 12.0. The largest absolute Gasteiger partial charge is 0.497 e. The van der Waals surface area contributed by atoms with E-state index in [2.05, 4.69) is 10.0 Å². The summed E-state index contributed by atoms with van der Waals surface area (Å²) in [7, 11) is -2.22. The third-order valence-corrected chi connectivity index (χ3v) is 7.03. The monoisotopic (exact) mass is 476 g/mol. The van der Waals surface area contributed by atoms with Gasteiger partial charge in [0.2, 0.25) is 5.91 Å². The Morgan fingerprint density at radius 1 is 0.935 bits per heavy atom. The minimum atomic E-state index is -3.76. The van der Waals surface area contributed by atoms with E-state index in [1.807, 2.05) is 12.1 Å². The van der Waals surface area contributed by atoms with Crippen molar-refractivity contribution in [2.45, 2.75) is 22.0 Å². The van der Waals surface area contributed by atoms with Crippen molar-refractivity contribution in [1.29, 1.82) is 0 Å². The van der Waals surface area contributed by atoms with E-state index in [0.29, 0.717) is 22.1 Å². The Kier molecular flexibility index (Phi) is 7.48. The third-order valence-electron chi connectivity index (χ3n) is 4.27. The Hall–Kier alpha value is -2.68. The van der Waals surface area contributed by atoms with E-state index < -0.39 is 10.0 Å². The minimum Gasteiger partial charge on any atom is -0.497 e. The fourth-order valence-electron chi connectivity index (χ4n) is 2.61. The van der Waals surface area contributed by atoms with Crippen LogP contribution in [0.2, 0.25) is 5.02 Å². The van der Waals surface area contributed by atoms with Crippen LogP contribution in [-0.2, 0) is 14.8 Å². The number of amides is 1. The number of carbonyl (C=O) groups is 1. The van der Waals surface area contributed by atoms with Crippen LogP contribution >= 0.6 is 23.4 Å². The molecule has 0 aliphatic carbocycles. The maximum absolute atomic E-state index is 12.6. The van der Waals surface area contributed by atoms with Crippen molar-refractivity contribution in [3.63, 3.8) is 0 Å². The molecule has 0 radical (unpaired) electrons. The van der Waals surface area contributed by atoms with Crippen molar-refractivity contribution >= 4 is 50.7 Å². The Morgan fingerprint density at radius 3 is 2.10 bits per heavy atom. The molecule has 0 fully saturated rings. The second-order valence-corrected chi connectivity index (χ2v) is 10.1. The summed E-state index contributed by atoms with van der Waals surface area (Å²) in [6, 6.07) is 19.8. The molecule has 0 bridgehead atoms. The average Bonchev–Trinajstić information content (AvgIpc) is 2.76. The van der Waals surface area contributed by atoms with Crippen LogP contribution in [0.1, 0.15) is 6.92 Å². The van der Waals surface area contributed by atoms with Gasteiger partial charge in [0.15, 0.2) is 0 Å². The maximum Gasteiger partial charge on any atom is 0.261 e. The Bertz CT molecular complexity index is 1130. The van der Waals surface area contributed by atoms with Crippen LogP contribution < -0.4 is 14.8 Å². The Labute approximate surface area is 191 Å². The molecule has 0 saturated heterocycles. The highest BCUT2D eigenvalue weighted by atomic mass is 35.5. The minimum absolute atomic E-state index is 0.0879. The topological polar surface area (TPSA) is 84.5 Å². The van der Waals surface area contributed by atoms with Crippen molar-refractivity contribution in [1.82, 2.24) is 0 Å². The van der Waals surface area contributed by atoms with Gasteiger partial charge in [-0.1, -0.05) is 11.6 Å². The molecule has 3 aromatic rings. The van der Waals surface area contributed by atoms with E-state index in [1.54, 1.807) is 55.5 Å². The number of anilines is 2. The van der Waals surface area contributed by atoms with E-state index in [-0.39, 0.29) is 16.1 Å². The number of methoxy groups -OCH3 is 1. The van der Waals surface area contributed by atoms with Crippen molar-refractivity contribution in [2.75, 3.05) is 17.1 Å². The Balaban J connectivity index is 1.61. The molecule has 9 heteroatoms. The molecule has 0 unspecified atom stereocenters. The lowest BCUT2D eigenvalue weighted by Crippen LogP contribution is -2.22. The molecule has 0 aliphatic rings. The summed E-state index contributed by atoms with van der Waals surface area (Å²) in [5.41, 5.74) is 0.934. The predicted molar refractivity (Wildman–Crippen MR) is 126 cm³/mol. The molecular formula is C22H21ClN2O4S2. The molecule has 0 aliphatic heterocycles. The Morgan fingerprint density at radius 2 is 1.52 bits per heavy atom. The highest BCUT2D eigenvalue weighted by Gasteiger charge is 2.17. The van der Waals surface area contributed by atoms with Crippen molar-refractivity contribution < 1.29 is 17.9 Å². The second-order valence-electron chi connectivity index (χ2n) is 6.56. The van der Waals surface area contributed by atoms with Crippen molar-refractivity contribution in [3.8, 4) is 5.75 Å². The SMILES string of the molecule is COc1ccc(NS(=O)(=O)c2ccc(NC(=O)[C@H](C)Sc3ccc(Cl)cc3)cc2)cc1. The van der Waals surface area contributed by atoms with Gasteiger partial charge >= 0.3 is 0 Å². The summed E-state index contributed by atoms with van der Waals surface area (Å²) in [5.74, 6) is 0.443. The fraction of sp³-hybridized carbons (Fsp3) is 0.136. The van der Waals surface area contributed by atoms with Gasteiger partial charge in [0.1, 0.15) is 5.75 Å². The van der Waals surface area contributed by atoms with E-state index in [9.17, 15) is 13.2 Å². The lowest BCUT2D eigenvalue weighted by molar-refractivity contribution is -0.115. The third kappa shape index (κ3) is 6.40. The first kappa shape index (κ1) is 23.0. The van der Waals surface area contributed by atoms with Gasteiger partial charge in [-0.2, -0.15) is 0 Å². The molecule has 0 spiro atoms. The molecule has 6 nitrogen and oxygen atoms in total. The van der Waals surface area contributed by atoms with Gasteiger partial charge < -0.3 is 10.1 Å². The van der Waals surface area contributed by atoms with Gasteiger partial charge in [0.05, 0.1) is 17.3 Å². The lowest BCUT2D eigenvalue weighted by Gasteiger charge is -2.13. The van der Waals surface area contributed by atoms with Gasteiger partial charge in [-0.15, -0.1) is 11.8 Å². The molecule has 0 aromatic heterocycles. The van der Waals surface area contributed by atoms with E-state index >= 15 is 0 Å². The van der Waals surface area contributed by atoms with Crippen LogP contribution in [0.5, 0.6) is 5.75 Å². The van der Waals surface area contributed by atoms with Crippen molar-refractivity contribution in [3.05, 3.63) is 77.8 Å². The van der Waals surface area contributed by atoms with Crippen LogP contribution in [0.15, 0.2) is 82.6 Å². The van der Waals surface area contributed by atoms with Crippen LogP contribution in [0, 0.1) is 0 Å². The molecule has 3 rings (SSSR count). The number of sulfonamides is 1. The van der Waals surface area contributed by atoms with Crippen LogP contribution in [0.25, 0.3) is 0 Å². The molecule has 162 valence electrons. The molecule has 0 heterocycles. The van der Waals surface area contributed by atoms with E-state index in [4.69, 9.17) is 16.3 Å². The summed E-state index contributed by atoms with van der Waals surface area (Å²) in [4.78, 5) is 13.5. The van der Waals surface area contributed by atoms with Gasteiger partial charge in [-0.3, -0.25) is 9.52 Å². The van der Waals surface area contributed by atoms with Crippen molar-refractivity contribution in [2.24, 2.45) is 0 Å². The highest BCUT2D eigenvalue weighted by molar-refractivity contribution is 8.00. The predicted octanol–water partition coefficient (Wildman–Crippen LogP) is 5.27. The van der Waals surface area contributed by atoms with Crippen LogP contribution in [0.4, 0.5) is 11.4 Å². The zero-order valence-electron chi connectivity index (χ0n) is 16.8. The number of hydrogen-bond donors (Lipinski definition) is 2. The number of halogens is 1. The summed E-state index contributed by atoms with van der Waals surface area (Å²) in [5, 5.41) is 3.09. The number of benzene rings is 3. The second kappa shape index (κ2) is 10.1. The zero-order valence-corrected chi connectivity index (χ0v) is 19.2. The first-order valence-electron chi connectivity index (χ1n) is 9.27.